The van der Waals surface area contributed by atoms with Crippen LogP contribution in [0.1, 0.15) is 40.0 Å². The summed E-state index contributed by atoms with van der Waals surface area (Å²) in [6, 6.07) is 0.459. The van der Waals surface area contributed by atoms with E-state index < -0.39 is 6.04 Å². The quantitative estimate of drug-likeness (QED) is 0.668. The Morgan fingerprint density at radius 2 is 1.89 bits per heavy atom. The van der Waals surface area contributed by atoms with E-state index in [1.165, 1.54) is 6.42 Å². The lowest BCUT2D eigenvalue weighted by atomic mass is 9.88. The van der Waals surface area contributed by atoms with E-state index in [4.69, 9.17) is 0 Å². The molecule has 2 saturated heterocycles. The monoisotopic (exact) mass is 253 g/mol. The van der Waals surface area contributed by atoms with Gasteiger partial charge in [-0.05, 0) is 40.0 Å². The van der Waals surface area contributed by atoms with Crippen molar-refractivity contribution in [3.63, 3.8) is 0 Å². The van der Waals surface area contributed by atoms with Crippen molar-refractivity contribution in [2.45, 2.75) is 64.2 Å². The molecular weight excluding hydrogens is 230 g/mol. The molecule has 0 spiro atoms. The lowest BCUT2D eigenvalue weighted by Crippen LogP contribution is -2.49. The summed E-state index contributed by atoms with van der Waals surface area (Å²) in [7, 11) is 0. The number of amides is 2. The average Bonchev–Trinajstić information content (AvgIpc) is 2.89. The van der Waals surface area contributed by atoms with Crippen LogP contribution in [0.15, 0.2) is 0 Å². The van der Waals surface area contributed by atoms with Crippen LogP contribution in [0.3, 0.4) is 0 Å². The van der Waals surface area contributed by atoms with Gasteiger partial charge >= 0.3 is 0 Å². The second-order valence-electron chi connectivity index (χ2n) is 5.78. The number of hydrogen-bond acceptors (Lipinski definition) is 3. The van der Waals surface area contributed by atoms with Crippen molar-refractivity contribution in [1.29, 1.82) is 0 Å². The number of carbonyl (C=O) groups excluding carboxylic acids is 2. The Morgan fingerprint density at radius 1 is 1.17 bits per heavy atom. The molecule has 5 heteroatoms. The fourth-order valence-electron chi connectivity index (χ4n) is 2.91. The van der Waals surface area contributed by atoms with Gasteiger partial charge in [0.2, 0.25) is 11.8 Å². The van der Waals surface area contributed by atoms with E-state index >= 15 is 0 Å². The highest BCUT2D eigenvalue weighted by atomic mass is 16.2. The van der Waals surface area contributed by atoms with E-state index in [9.17, 15) is 9.59 Å². The fraction of sp³-hybridized carbons (Fsp3) is 0.846. The number of hydrogen-bond donors (Lipinski definition) is 3. The van der Waals surface area contributed by atoms with Crippen LogP contribution in [0.25, 0.3) is 0 Å². The summed E-state index contributed by atoms with van der Waals surface area (Å²) < 4.78 is 0. The van der Waals surface area contributed by atoms with Crippen LogP contribution in [-0.2, 0) is 9.59 Å². The molecule has 102 valence electrons. The SMILES string of the molecule is CC(C)NC(=O)C(C)NC(=O)C1CC2CCC1N2. The Labute approximate surface area is 108 Å². The molecule has 2 heterocycles. The lowest BCUT2D eigenvalue weighted by molar-refractivity contribution is -0.131. The summed E-state index contributed by atoms with van der Waals surface area (Å²) in [6.45, 7) is 5.55. The molecule has 0 aromatic heterocycles. The van der Waals surface area contributed by atoms with Crippen molar-refractivity contribution in [3.05, 3.63) is 0 Å². The molecule has 2 bridgehead atoms. The van der Waals surface area contributed by atoms with Gasteiger partial charge in [0.1, 0.15) is 6.04 Å². The zero-order valence-electron chi connectivity index (χ0n) is 11.3. The molecule has 2 fully saturated rings. The Balaban J connectivity index is 1.82. The topological polar surface area (TPSA) is 70.2 Å². The second kappa shape index (κ2) is 5.26. The highest BCUT2D eigenvalue weighted by Gasteiger charge is 2.43. The minimum Gasteiger partial charge on any atom is -0.352 e. The molecule has 0 aromatic carbocycles. The standard InChI is InChI=1S/C13H23N3O2/c1-7(2)14-12(17)8(3)15-13(18)10-6-9-4-5-11(10)16-9/h7-11,16H,4-6H2,1-3H3,(H,14,17)(H,15,18). The summed E-state index contributed by atoms with van der Waals surface area (Å²) in [5.41, 5.74) is 0. The maximum absolute atomic E-state index is 12.1. The average molecular weight is 253 g/mol. The van der Waals surface area contributed by atoms with Crippen LogP contribution in [0, 0.1) is 5.92 Å². The van der Waals surface area contributed by atoms with Gasteiger partial charge in [0.25, 0.3) is 0 Å². The normalized spacial score (nSPS) is 31.4. The van der Waals surface area contributed by atoms with Crippen LogP contribution < -0.4 is 16.0 Å². The minimum absolute atomic E-state index is 0.0149. The molecule has 0 aromatic rings. The van der Waals surface area contributed by atoms with Crippen molar-refractivity contribution < 1.29 is 9.59 Å². The zero-order valence-corrected chi connectivity index (χ0v) is 11.3. The van der Waals surface area contributed by atoms with Crippen LogP contribution in [-0.4, -0.2) is 36.0 Å². The number of fused-ring (bicyclic) bond motifs is 2. The molecule has 3 N–H and O–H groups in total. The molecule has 5 nitrogen and oxygen atoms in total. The molecule has 0 radical (unpaired) electrons. The van der Waals surface area contributed by atoms with Gasteiger partial charge in [-0.1, -0.05) is 0 Å². The first-order valence-corrected chi connectivity index (χ1v) is 6.84. The van der Waals surface area contributed by atoms with Crippen molar-refractivity contribution in [3.8, 4) is 0 Å². The predicted octanol–water partition coefficient (Wildman–Crippen LogP) is 0.156. The zero-order chi connectivity index (χ0) is 13.3. The maximum Gasteiger partial charge on any atom is 0.242 e. The van der Waals surface area contributed by atoms with Crippen LogP contribution in [0.4, 0.5) is 0 Å². The van der Waals surface area contributed by atoms with Gasteiger partial charge in [-0.25, -0.2) is 0 Å². The Bertz CT molecular complexity index is 343. The van der Waals surface area contributed by atoms with E-state index in [-0.39, 0.29) is 23.8 Å². The highest BCUT2D eigenvalue weighted by Crippen LogP contribution is 2.33. The molecule has 2 amide bonds. The number of nitrogens with one attached hydrogen (secondary N) is 3. The number of rotatable bonds is 4. The third-order valence-corrected chi connectivity index (χ3v) is 3.82. The third-order valence-electron chi connectivity index (χ3n) is 3.82. The van der Waals surface area contributed by atoms with Gasteiger partial charge in [0.05, 0.1) is 5.92 Å². The van der Waals surface area contributed by atoms with E-state index in [1.807, 2.05) is 13.8 Å². The maximum atomic E-state index is 12.1. The molecule has 2 aliphatic heterocycles. The van der Waals surface area contributed by atoms with Gasteiger partial charge in [-0.15, -0.1) is 0 Å². The van der Waals surface area contributed by atoms with Crippen LogP contribution >= 0.6 is 0 Å². The van der Waals surface area contributed by atoms with Gasteiger partial charge in [0.15, 0.2) is 0 Å². The van der Waals surface area contributed by atoms with Gasteiger partial charge < -0.3 is 16.0 Å². The molecule has 2 aliphatic rings. The fourth-order valence-corrected chi connectivity index (χ4v) is 2.91. The van der Waals surface area contributed by atoms with Crippen molar-refractivity contribution in [2.24, 2.45) is 5.92 Å². The molecule has 18 heavy (non-hydrogen) atoms. The molecule has 0 aliphatic carbocycles. The second-order valence-corrected chi connectivity index (χ2v) is 5.78. The minimum atomic E-state index is -0.459. The summed E-state index contributed by atoms with van der Waals surface area (Å²) in [6.07, 6.45) is 3.17. The summed E-state index contributed by atoms with van der Waals surface area (Å²) >= 11 is 0. The highest BCUT2D eigenvalue weighted by molar-refractivity contribution is 5.88. The van der Waals surface area contributed by atoms with E-state index in [1.54, 1.807) is 6.92 Å². The van der Waals surface area contributed by atoms with Crippen molar-refractivity contribution in [1.82, 2.24) is 16.0 Å². The first-order valence-electron chi connectivity index (χ1n) is 6.84. The Kier molecular flexibility index (Phi) is 3.90. The van der Waals surface area contributed by atoms with Crippen LogP contribution in [0.2, 0.25) is 0 Å². The van der Waals surface area contributed by atoms with Crippen LogP contribution in [0.5, 0.6) is 0 Å². The van der Waals surface area contributed by atoms with Gasteiger partial charge in [-0.2, -0.15) is 0 Å². The summed E-state index contributed by atoms with van der Waals surface area (Å²) in [4.78, 5) is 23.8. The number of carbonyl (C=O) groups is 2. The van der Waals surface area contributed by atoms with E-state index in [0.29, 0.717) is 12.1 Å². The summed E-state index contributed by atoms with van der Waals surface area (Å²) in [5, 5.41) is 9.06. The third kappa shape index (κ3) is 2.83. The van der Waals surface area contributed by atoms with E-state index in [0.717, 1.165) is 12.8 Å². The molecule has 2 rings (SSSR count). The molecule has 4 unspecified atom stereocenters. The molecule has 4 atom stereocenters. The molecule has 0 saturated carbocycles. The summed E-state index contributed by atoms with van der Waals surface area (Å²) in [5.74, 6) is -0.0615. The van der Waals surface area contributed by atoms with E-state index in [2.05, 4.69) is 16.0 Å². The predicted molar refractivity (Wildman–Crippen MR) is 68.9 cm³/mol. The molecular formula is C13H23N3O2. The largest absolute Gasteiger partial charge is 0.352 e. The van der Waals surface area contributed by atoms with Gasteiger partial charge in [0, 0.05) is 18.1 Å². The van der Waals surface area contributed by atoms with Gasteiger partial charge in [-0.3, -0.25) is 9.59 Å². The lowest BCUT2D eigenvalue weighted by Gasteiger charge is -2.22. The van der Waals surface area contributed by atoms with Crippen molar-refractivity contribution >= 4 is 11.8 Å². The van der Waals surface area contributed by atoms with Crippen molar-refractivity contribution in [2.75, 3.05) is 0 Å². The Morgan fingerprint density at radius 3 is 2.39 bits per heavy atom. The first kappa shape index (κ1) is 13.3. The Hall–Kier alpha value is -1.10. The first-order chi connectivity index (χ1) is 8.47. The smallest absolute Gasteiger partial charge is 0.242 e.